The fourth-order valence-corrected chi connectivity index (χ4v) is 2.86. The van der Waals surface area contributed by atoms with Crippen molar-refractivity contribution in [3.63, 3.8) is 0 Å². The minimum Gasteiger partial charge on any atom is -0.399 e. The number of hydrogen-bond acceptors (Lipinski definition) is 4. The number of nitrogens with zero attached hydrogens (tertiary/aromatic N) is 2. The molecule has 0 aliphatic carbocycles. The molecule has 0 atom stereocenters. The highest BCUT2D eigenvalue weighted by Crippen LogP contribution is 2.33. The molecule has 0 bridgehead atoms. The van der Waals surface area contributed by atoms with Crippen molar-refractivity contribution >= 4 is 15.7 Å². The van der Waals surface area contributed by atoms with Crippen LogP contribution in [0.2, 0.25) is 0 Å². The third-order valence-corrected chi connectivity index (χ3v) is 4.54. The number of halogens is 3. The highest BCUT2D eigenvalue weighted by atomic mass is 32.2. The molecule has 0 amide bonds. The Morgan fingerprint density at radius 3 is 2.04 bits per heavy atom. The van der Waals surface area contributed by atoms with Gasteiger partial charge in [0.05, 0.1) is 4.90 Å². The average Bonchev–Trinajstić information content (AvgIpc) is 3.00. The molecule has 136 valence electrons. The first-order valence-electron chi connectivity index (χ1n) is 7.21. The highest BCUT2D eigenvalue weighted by Gasteiger charge is 2.35. The van der Waals surface area contributed by atoms with Crippen LogP contribution in [0.25, 0.3) is 17.1 Å². The standard InChI is InChI=1S/C16H13F3N4O2S/c17-16(18,19)14-9-23(12-5-7-13(8-6-12)26(21,24)25)15(22-14)10-1-3-11(20)4-2-10/h1-9H,20H2,(H2,21,24,25). The molecule has 6 nitrogen and oxygen atoms in total. The Kier molecular flexibility index (Phi) is 4.24. The summed E-state index contributed by atoms with van der Waals surface area (Å²) < 4.78 is 63.2. The first-order valence-corrected chi connectivity index (χ1v) is 8.76. The van der Waals surface area contributed by atoms with Crippen LogP contribution in [0, 0.1) is 0 Å². The average molecular weight is 382 g/mol. The van der Waals surface area contributed by atoms with Gasteiger partial charge < -0.3 is 5.73 Å². The molecule has 1 aromatic heterocycles. The Morgan fingerprint density at radius 1 is 0.962 bits per heavy atom. The summed E-state index contributed by atoms with van der Waals surface area (Å²) in [6, 6.07) is 11.3. The van der Waals surface area contributed by atoms with Crippen molar-refractivity contribution in [2.75, 3.05) is 5.73 Å². The molecule has 2 aromatic carbocycles. The van der Waals surface area contributed by atoms with Gasteiger partial charge in [0, 0.05) is 23.1 Å². The quantitative estimate of drug-likeness (QED) is 0.680. The zero-order valence-electron chi connectivity index (χ0n) is 13.1. The summed E-state index contributed by atoms with van der Waals surface area (Å²) in [6.07, 6.45) is -3.79. The number of alkyl halides is 3. The number of nitrogen functional groups attached to an aromatic ring is 1. The number of imidazole rings is 1. The van der Waals surface area contributed by atoms with Crippen molar-refractivity contribution in [1.82, 2.24) is 9.55 Å². The minimum atomic E-state index is -4.63. The molecular formula is C16H13F3N4O2S. The zero-order chi connectivity index (χ0) is 19.1. The predicted octanol–water partition coefficient (Wildman–Crippen LogP) is 2.79. The predicted molar refractivity (Wildman–Crippen MR) is 89.8 cm³/mol. The number of sulfonamides is 1. The fourth-order valence-electron chi connectivity index (χ4n) is 2.35. The Hall–Kier alpha value is -2.85. The van der Waals surface area contributed by atoms with Gasteiger partial charge in [-0.3, -0.25) is 4.57 Å². The van der Waals surface area contributed by atoms with E-state index in [1.54, 1.807) is 24.3 Å². The van der Waals surface area contributed by atoms with Gasteiger partial charge in [-0.25, -0.2) is 18.5 Å². The molecule has 0 aliphatic heterocycles. The Balaban J connectivity index is 2.16. The Labute approximate surface area is 146 Å². The van der Waals surface area contributed by atoms with E-state index in [-0.39, 0.29) is 10.7 Å². The summed E-state index contributed by atoms with van der Waals surface area (Å²) in [5.41, 5.74) is 5.72. The van der Waals surface area contributed by atoms with Crippen LogP contribution in [-0.2, 0) is 16.2 Å². The Bertz CT molecular complexity index is 1040. The van der Waals surface area contributed by atoms with E-state index < -0.39 is 21.9 Å². The van der Waals surface area contributed by atoms with E-state index in [1.165, 1.54) is 28.8 Å². The third-order valence-electron chi connectivity index (χ3n) is 3.61. The third kappa shape index (κ3) is 3.55. The molecule has 3 rings (SSSR count). The number of benzene rings is 2. The number of primary sulfonamides is 1. The van der Waals surface area contributed by atoms with Gasteiger partial charge in [-0.05, 0) is 48.5 Å². The normalized spacial score (nSPS) is 12.3. The molecular weight excluding hydrogens is 369 g/mol. The lowest BCUT2D eigenvalue weighted by Gasteiger charge is -2.09. The molecule has 3 aromatic rings. The first-order chi connectivity index (χ1) is 12.1. The van der Waals surface area contributed by atoms with Gasteiger partial charge in [0.1, 0.15) is 5.82 Å². The summed E-state index contributed by atoms with van der Waals surface area (Å²) in [6.45, 7) is 0. The molecule has 0 saturated heterocycles. The second kappa shape index (κ2) is 6.15. The van der Waals surface area contributed by atoms with Crippen LogP contribution >= 0.6 is 0 Å². The topological polar surface area (TPSA) is 104 Å². The molecule has 0 unspecified atom stereocenters. The maximum atomic E-state index is 13.1. The fraction of sp³-hybridized carbons (Fsp3) is 0.0625. The Morgan fingerprint density at radius 2 is 1.54 bits per heavy atom. The van der Waals surface area contributed by atoms with E-state index in [4.69, 9.17) is 10.9 Å². The van der Waals surface area contributed by atoms with Crippen molar-refractivity contribution in [1.29, 1.82) is 0 Å². The van der Waals surface area contributed by atoms with Gasteiger partial charge in [-0.15, -0.1) is 0 Å². The summed E-state index contributed by atoms with van der Waals surface area (Å²) >= 11 is 0. The number of hydrogen-bond donors (Lipinski definition) is 2. The van der Waals surface area contributed by atoms with Crippen LogP contribution in [0.3, 0.4) is 0 Å². The van der Waals surface area contributed by atoms with Crippen molar-refractivity contribution in [2.24, 2.45) is 5.14 Å². The molecule has 26 heavy (non-hydrogen) atoms. The van der Waals surface area contributed by atoms with Crippen LogP contribution in [0.15, 0.2) is 59.6 Å². The molecule has 4 N–H and O–H groups in total. The van der Waals surface area contributed by atoms with Crippen LogP contribution < -0.4 is 10.9 Å². The first kappa shape index (κ1) is 18.0. The summed E-state index contributed by atoms with van der Waals surface area (Å²) in [4.78, 5) is 3.54. The second-order valence-electron chi connectivity index (χ2n) is 5.48. The van der Waals surface area contributed by atoms with E-state index in [0.717, 1.165) is 6.20 Å². The molecule has 10 heteroatoms. The lowest BCUT2D eigenvalue weighted by molar-refractivity contribution is -0.140. The van der Waals surface area contributed by atoms with Gasteiger partial charge in [-0.1, -0.05) is 0 Å². The maximum Gasteiger partial charge on any atom is 0.434 e. The van der Waals surface area contributed by atoms with Crippen LogP contribution in [0.1, 0.15) is 5.69 Å². The van der Waals surface area contributed by atoms with E-state index in [9.17, 15) is 21.6 Å². The second-order valence-corrected chi connectivity index (χ2v) is 7.04. The van der Waals surface area contributed by atoms with Crippen LogP contribution in [0.4, 0.5) is 18.9 Å². The molecule has 0 spiro atoms. The largest absolute Gasteiger partial charge is 0.434 e. The van der Waals surface area contributed by atoms with Gasteiger partial charge in [0.2, 0.25) is 10.0 Å². The van der Waals surface area contributed by atoms with Gasteiger partial charge in [0.15, 0.2) is 5.69 Å². The van der Waals surface area contributed by atoms with Gasteiger partial charge in [-0.2, -0.15) is 13.2 Å². The van der Waals surface area contributed by atoms with Crippen LogP contribution in [-0.4, -0.2) is 18.0 Å². The monoisotopic (exact) mass is 382 g/mol. The van der Waals surface area contributed by atoms with E-state index >= 15 is 0 Å². The SMILES string of the molecule is Nc1ccc(-c2nc(C(F)(F)F)cn2-c2ccc(S(N)(=O)=O)cc2)cc1. The van der Waals surface area contributed by atoms with Crippen LogP contribution in [0.5, 0.6) is 0 Å². The molecule has 0 fully saturated rings. The number of aromatic nitrogens is 2. The van der Waals surface area contributed by atoms with E-state index in [1.807, 2.05) is 0 Å². The smallest absolute Gasteiger partial charge is 0.399 e. The number of anilines is 1. The van der Waals surface area contributed by atoms with E-state index in [0.29, 0.717) is 16.9 Å². The number of nitrogens with two attached hydrogens (primary N) is 2. The van der Waals surface area contributed by atoms with Crippen molar-refractivity contribution in [3.8, 4) is 17.1 Å². The maximum absolute atomic E-state index is 13.1. The summed E-state index contributed by atoms with van der Waals surface area (Å²) in [7, 11) is -3.91. The molecule has 1 heterocycles. The lowest BCUT2D eigenvalue weighted by Crippen LogP contribution is -2.12. The number of rotatable bonds is 3. The van der Waals surface area contributed by atoms with Crippen molar-refractivity contribution in [3.05, 3.63) is 60.4 Å². The van der Waals surface area contributed by atoms with Gasteiger partial charge in [0.25, 0.3) is 0 Å². The summed E-state index contributed by atoms with van der Waals surface area (Å²) in [5.74, 6) is 0.0423. The van der Waals surface area contributed by atoms with Crippen molar-refractivity contribution < 1.29 is 21.6 Å². The molecule has 0 aliphatic rings. The summed E-state index contributed by atoms with van der Waals surface area (Å²) in [5, 5.41) is 5.03. The van der Waals surface area contributed by atoms with Crippen molar-refractivity contribution in [2.45, 2.75) is 11.1 Å². The molecule has 0 saturated carbocycles. The zero-order valence-corrected chi connectivity index (χ0v) is 13.9. The van der Waals surface area contributed by atoms with Gasteiger partial charge >= 0.3 is 6.18 Å². The minimum absolute atomic E-state index is 0.0423. The van der Waals surface area contributed by atoms with E-state index in [2.05, 4.69) is 4.98 Å². The highest BCUT2D eigenvalue weighted by molar-refractivity contribution is 7.89. The lowest BCUT2D eigenvalue weighted by atomic mass is 10.2. The molecule has 0 radical (unpaired) electrons.